The van der Waals surface area contributed by atoms with Gasteiger partial charge in [-0.2, -0.15) is 5.10 Å². The van der Waals surface area contributed by atoms with Crippen LogP contribution in [-0.4, -0.2) is 57.1 Å². The van der Waals surface area contributed by atoms with Crippen LogP contribution in [0.4, 0.5) is 0 Å². The summed E-state index contributed by atoms with van der Waals surface area (Å²) in [5.41, 5.74) is 1.15. The second kappa shape index (κ2) is 7.36. The predicted molar refractivity (Wildman–Crippen MR) is 91.5 cm³/mol. The van der Waals surface area contributed by atoms with Crippen molar-refractivity contribution in [3.8, 4) is 0 Å². The van der Waals surface area contributed by atoms with Gasteiger partial charge in [0.1, 0.15) is 0 Å². The molecule has 2 atom stereocenters. The number of likely N-dealkylation sites (tertiary alicyclic amines) is 2. The molecule has 24 heavy (non-hydrogen) atoms. The van der Waals surface area contributed by atoms with E-state index in [9.17, 15) is 9.59 Å². The fraction of sp³-hybridized carbons (Fsp3) is 0.722. The van der Waals surface area contributed by atoms with Crippen LogP contribution in [0.15, 0.2) is 12.4 Å². The fourth-order valence-electron chi connectivity index (χ4n) is 3.99. The molecular formula is C18H28N4O2. The first-order valence-corrected chi connectivity index (χ1v) is 9.10. The van der Waals surface area contributed by atoms with Gasteiger partial charge in [-0.1, -0.05) is 0 Å². The van der Waals surface area contributed by atoms with E-state index in [0.717, 1.165) is 57.3 Å². The predicted octanol–water partition coefficient (Wildman–Crippen LogP) is 2.15. The third-order valence-electron chi connectivity index (χ3n) is 5.30. The first-order valence-electron chi connectivity index (χ1n) is 9.10. The monoisotopic (exact) mass is 332 g/mol. The summed E-state index contributed by atoms with van der Waals surface area (Å²) in [6.45, 7) is 5.99. The molecule has 6 nitrogen and oxygen atoms in total. The summed E-state index contributed by atoms with van der Waals surface area (Å²) in [6.07, 6.45) is 9.56. The van der Waals surface area contributed by atoms with Crippen molar-refractivity contribution in [3.05, 3.63) is 18.0 Å². The number of piperidine rings is 2. The van der Waals surface area contributed by atoms with Gasteiger partial charge < -0.3 is 9.80 Å². The van der Waals surface area contributed by atoms with Gasteiger partial charge >= 0.3 is 0 Å². The lowest BCUT2D eigenvalue weighted by Crippen LogP contribution is -2.47. The summed E-state index contributed by atoms with van der Waals surface area (Å²) in [4.78, 5) is 28.4. The molecule has 1 aromatic rings. The minimum Gasteiger partial charge on any atom is -0.340 e. The average molecular weight is 332 g/mol. The highest BCUT2D eigenvalue weighted by molar-refractivity contribution is 5.79. The first kappa shape index (κ1) is 17.0. The van der Waals surface area contributed by atoms with Crippen molar-refractivity contribution in [2.24, 2.45) is 0 Å². The third kappa shape index (κ3) is 3.79. The van der Waals surface area contributed by atoms with Crippen molar-refractivity contribution in [1.29, 1.82) is 0 Å². The number of aryl methyl sites for hydroxylation is 1. The Morgan fingerprint density at radius 2 is 2.04 bits per heavy atom. The molecule has 0 unspecified atom stereocenters. The molecule has 3 heterocycles. The van der Waals surface area contributed by atoms with Gasteiger partial charge in [0.25, 0.3) is 0 Å². The molecule has 2 amide bonds. The molecule has 0 aliphatic carbocycles. The molecule has 0 N–H and O–H groups in total. The van der Waals surface area contributed by atoms with E-state index in [2.05, 4.69) is 11.3 Å². The van der Waals surface area contributed by atoms with Crippen LogP contribution in [0.3, 0.4) is 0 Å². The lowest BCUT2D eigenvalue weighted by molar-refractivity contribution is -0.138. The van der Waals surface area contributed by atoms with Gasteiger partial charge in [-0.25, -0.2) is 0 Å². The number of carbonyl (C=O) groups is 2. The Morgan fingerprint density at radius 3 is 2.75 bits per heavy atom. The molecule has 2 aliphatic rings. The van der Waals surface area contributed by atoms with Crippen LogP contribution < -0.4 is 0 Å². The second-order valence-electron chi connectivity index (χ2n) is 7.20. The Balaban J connectivity index is 1.60. The minimum absolute atomic E-state index is 0.0797. The lowest BCUT2D eigenvalue weighted by Gasteiger charge is -2.38. The van der Waals surface area contributed by atoms with Crippen LogP contribution in [0.25, 0.3) is 0 Å². The average Bonchev–Trinajstić information content (AvgIpc) is 3.02. The van der Waals surface area contributed by atoms with Crippen LogP contribution in [0.1, 0.15) is 57.1 Å². The topological polar surface area (TPSA) is 58.4 Å². The molecule has 6 heteroatoms. The van der Waals surface area contributed by atoms with E-state index >= 15 is 0 Å². The summed E-state index contributed by atoms with van der Waals surface area (Å²) >= 11 is 0. The minimum atomic E-state index is 0.0797. The Morgan fingerprint density at radius 1 is 1.21 bits per heavy atom. The molecule has 0 saturated carbocycles. The zero-order valence-corrected chi connectivity index (χ0v) is 14.8. The van der Waals surface area contributed by atoms with Gasteiger partial charge in [-0.3, -0.25) is 14.3 Å². The van der Waals surface area contributed by atoms with Crippen molar-refractivity contribution in [1.82, 2.24) is 19.6 Å². The summed E-state index contributed by atoms with van der Waals surface area (Å²) in [6, 6.07) is 0.350. The molecule has 132 valence electrons. The van der Waals surface area contributed by atoms with Gasteiger partial charge in [-0.15, -0.1) is 0 Å². The maximum Gasteiger partial charge on any atom is 0.224 e. The normalized spacial score (nSPS) is 24.9. The van der Waals surface area contributed by atoms with Crippen molar-refractivity contribution in [3.63, 3.8) is 0 Å². The molecule has 3 rings (SSSR count). The van der Waals surface area contributed by atoms with Gasteiger partial charge in [0.2, 0.25) is 11.8 Å². The highest BCUT2D eigenvalue weighted by Crippen LogP contribution is 2.24. The van der Waals surface area contributed by atoms with Crippen molar-refractivity contribution in [2.45, 2.75) is 64.5 Å². The lowest BCUT2D eigenvalue weighted by atomic mass is 9.97. The maximum absolute atomic E-state index is 12.8. The largest absolute Gasteiger partial charge is 0.340 e. The number of amides is 2. The van der Waals surface area contributed by atoms with E-state index in [-0.39, 0.29) is 23.9 Å². The van der Waals surface area contributed by atoms with Crippen LogP contribution in [0.2, 0.25) is 0 Å². The van der Waals surface area contributed by atoms with Crippen LogP contribution in [0, 0.1) is 6.92 Å². The van der Waals surface area contributed by atoms with E-state index in [1.54, 1.807) is 6.92 Å². The van der Waals surface area contributed by atoms with Crippen molar-refractivity contribution in [2.75, 3.05) is 19.6 Å². The summed E-state index contributed by atoms with van der Waals surface area (Å²) in [7, 11) is 0. The van der Waals surface area contributed by atoms with Gasteiger partial charge in [0, 0.05) is 45.2 Å². The quantitative estimate of drug-likeness (QED) is 0.852. The number of carbonyl (C=O) groups excluding carboxylic acids is 2. The standard InChI is InChI=1S/C18H28N4O2/c1-14-11-19-22(12-14)17-7-5-8-20(13-17)18(24)10-16-6-3-4-9-21(16)15(2)23/h11-12,16-17H,3-10,13H2,1-2H3/t16-,17+/m1/s1. The Hall–Kier alpha value is -1.85. The number of nitrogens with zero attached hydrogens (tertiary/aromatic N) is 4. The molecule has 0 radical (unpaired) electrons. The first-order chi connectivity index (χ1) is 11.5. The van der Waals surface area contributed by atoms with E-state index in [1.165, 1.54) is 0 Å². The third-order valence-corrected chi connectivity index (χ3v) is 5.30. The van der Waals surface area contributed by atoms with Gasteiger partial charge in [0.15, 0.2) is 0 Å². The molecule has 2 fully saturated rings. The summed E-state index contributed by atoms with van der Waals surface area (Å²) in [5.74, 6) is 0.276. The fourth-order valence-corrected chi connectivity index (χ4v) is 3.99. The Kier molecular flexibility index (Phi) is 5.21. The van der Waals surface area contributed by atoms with Crippen LogP contribution >= 0.6 is 0 Å². The SMILES string of the molecule is CC(=O)N1CCCC[C@@H]1CC(=O)N1CCC[C@H](n2cc(C)cn2)C1. The number of aromatic nitrogens is 2. The van der Waals surface area contributed by atoms with E-state index in [1.807, 2.05) is 27.6 Å². The molecular weight excluding hydrogens is 304 g/mol. The van der Waals surface area contributed by atoms with Gasteiger partial charge in [0.05, 0.1) is 12.2 Å². The molecule has 1 aromatic heterocycles. The van der Waals surface area contributed by atoms with Crippen molar-refractivity contribution < 1.29 is 9.59 Å². The number of hydrogen-bond donors (Lipinski definition) is 0. The molecule has 2 saturated heterocycles. The van der Waals surface area contributed by atoms with E-state index < -0.39 is 0 Å². The summed E-state index contributed by atoms with van der Waals surface area (Å²) < 4.78 is 2.00. The van der Waals surface area contributed by atoms with E-state index in [4.69, 9.17) is 0 Å². The zero-order valence-electron chi connectivity index (χ0n) is 14.8. The van der Waals surface area contributed by atoms with E-state index in [0.29, 0.717) is 6.42 Å². The highest BCUT2D eigenvalue weighted by atomic mass is 16.2. The highest BCUT2D eigenvalue weighted by Gasteiger charge is 2.30. The van der Waals surface area contributed by atoms with Gasteiger partial charge in [-0.05, 0) is 44.6 Å². The number of rotatable bonds is 3. The molecule has 0 spiro atoms. The van der Waals surface area contributed by atoms with Crippen LogP contribution in [0.5, 0.6) is 0 Å². The van der Waals surface area contributed by atoms with Crippen LogP contribution in [-0.2, 0) is 9.59 Å². The Labute approximate surface area is 143 Å². The van der Waals surface area contributed by atoms with Crippen molar-refractivity contribution >= 4 is 11.8 Å². The molecule has 0 bridgehead atoms. The summed E-state index contributed by atoms with van der Waals surface area (Å²) in [5, 5.41) is 4.41. The number of hydrogen-bond acceptors (Lipinski definition) is 3. The Bertz CT molecular complexity index is 598. The smallest absolute Gasteiger partial charge is 0.224 e. The molecule has 0 aromatic carbocycles. The molecule has 2 aliphatic heterocycles. The second-order valence-corrected chi connectivity index (χ2v) is 7.20. The maximum atomic E-state index is 12.8. The zero-order chi connectivity index (χ0) is 17.1.